The van der Waals surface area contributed by atoms with Gasteiger partial charge < -0.3 is 23.7 Å². The topological polar surface area (TPSA) is 118 Å². The monoisotopic (exact) mass is 397 g/mol. The Morgan fingerprint density at radius 2 is 1.43 bits per heavy atom. The summed E-state index contributed by atoms with van der Waals surface area (Å²) in [6.07, 6.45) is 3.75. The number of esters is 4. The van der Waals surface area contributed by atoms with Crippen molar-refractivity contribution in [3.8, 4) is 0 Å². The predicted octanol–water partition coefficient (Wildman–Crippen LogP) is -0.254. The van der Waals surface area contributed by atoms with Gasteiger partial charge >= 0.3 is 23.9 Å². The largest absolute Gasteiger partial charge is 0.496 e. The maximum atomic E-state index is 11.7. The molecule has 1 aliphatic rings. The Hall–Kier alpha value is -3.14. The molecule has 0 aromatic carbocycles. The van der Waals surface area contributed by atoms with Crippen molar-refractivity contribution in [3.63, 3.8) is 0 Å². The zero-order chi connectivity index (χ0) is 20.9. The molecule has 10 heteroatoms. The van der Waals surface area contributed by atoms with Gasteiger partial charge in [0, 0.05) is 30.8 Å². The van der Waals surface area contributed by atoms with Crippen LogP contribution in [0.25, 0.3) is 0 Å². The van der Waals surface area contributed by atoms with Crippen molar-refractivity contribution in [1.29, 1.82) is 0 Å². The van der Waals surface area contributed by atoms with Gasteiger partial charge in [0.15, 0.2) is 0 Å². The minimum absolute atomic E-state index is 0.106. The molecule has 1 fully saturated rings. The molecular weight excluding hydrogens is 374 g/mol. The van der Waals surface area contributed by atoms with Crippen LogP contribution in [0.2, 0.25) is 0 Å². The zero-order valence-electron chi connectivity index (χ0n) is 15.8. The molecule has 1 saturated heterocycles. The lowest BCUT2D eigenvalue weighted by Gasteiger charge is -2.34. The van der Waals surface area contributed by atoms with E-state index in [2.05, 4.69) is 16.1 Å². The average Bonchev–Trinajstić information content (AvgIpc) is 2.69. The van der Waals surface area contributed by atoms with Gasteiger partial charge in [0.25, 0.3) is 0 Å². The van der Waals surface area contributed by atoms with E-state index in [1.807, 2.05) is 4.90 Å². The number of methoxy groups -OCH3 is 2. The number of carbonyl (C=O) groups excluding carboxylic acids is 4. The third-order valence-electron chi connectivity index (χ3n) is 3.53. The SMILES string of the molecule is C=C1CN(C(COC(=O)/C=C/C(=O)OC)COC(=O)/C=C/C(=O)OC)CCO1. The van der Waals surface area contributed by atoms with E-state index < -0.39 is 29.9 Å². The number of carbonyl (C=O) groups is 4. The van der Waals surface area contributed by atoms with Crippen LogP contribution >= 0.6 is 0 Å². The maximum Gasteiger partial charge on any atom is 0.331 e. The van der Waals surface area contributed by atoms with Gasteiger partial charge in [0.2, 0.25) is 0 Å². The number of nitrogens with zero attached hydrogens (tertiary/aromatic N) is 1. The summed E-state index contributed by atoms with van der Waals surface area (Å²) in [5.41, 5.74) is 0. The van der Waals surface area contributed by atoms with Gasteiger partial charge in [-0.2, -0.15) is 0 Å². The lowest BCUT2D eigenvalue weighted by Crippen LogP contribution is -2.47. The summed E-state index contributed by atoms with van der Waals surface area (Å²) in [7, 11) is 2.37. The summed E-state index contributed by atoms with van der Waals surface area (Å²) in [5.74, 6) is -2.35. The van der Waals surface area contributed by atoms with Crippen LogP contribution in [0.5, 0.6) is 0 Å². The number of ether oxygens (including phenoxy) is 5. The molecule has 0 unspecified atom stereocenters. The number of rotatable bonds is 9. The first-order chi connectivity index (χ1) is 13.3. The molecule has 10 nitrogen and oxygen atoms in total. The molecule has 0 saturated carbocycles. The molecule has 28 heavy (non-hydrogen) atoms. The number of hydrogen-bond acceptors (Lipinski definition) is 10. The van der Waals surface area contributed by atoms with Crippen molar-refractivity contribution in [2.45, 2.75) is 6.04 Å². The Balaban J connectivity index is 2.65. The second-order valence-electron chi connectivity index (χ2n) is 5.48. The Morgan fingerprint density at radius 1 is 0.964 bits per heavy atom. The summed E-state index contributed by atoms with van der Waals surface area (Å²) in [4.78, 5) is 47.3. The zero-order valence-corrected chi connectivity index (χ0v) is 15.8. The van der Waals surface area contributed by atoms with Crippen LogP contribution in [0.1, 0.15) is 0 Å². The van der Waals surface area contributed by atoms with E-state index in [4.69, 9.17) is 14.2 Å². The molecule has 0 spiro atoms. The van der Waals surface area contributed by atoms with Gasteiger partial charge in [-0.1, -0.05) is 6.58 Å². The normalized spacial score (nSPS) is 14.8. The molecule has 0 aromatic heterocycles. The predicted molar refractivity (Wildman–Crippen MR) is 94.7 cm³/mol. The van der Waals surface area contributed by atoms with Crippen molar-refractivity contribution in [2.24, 2.45) is 0 Å². The molecule has 0 bridgehead atoms. The smallest absolute Gasteiger partial charge is 0.331 e. The van der Waals surface area contributed by atoms with Crippen LogP contribution in [0.3, 0.4) is 0 Å². The third-order valence-corrected chi connectivity index (χ3v) is 3.53. The summed E-state index contributed by atoms with van der Waals surface area (Å²) in [6.45, 7) is 4.81. The van der Waals surface area contributed by atoms with Crippen LogP contribution in [-0.2, 0) is 42.9 Å². The molecular formula is C18H23NO9. The first kappa shape index (κ1) is 22.9. The van der Waals surface area contributed by atoms with E-state index in [0.29, 0.717) is 25.5 Å². The highest BCUT2D eigenvalue weighted by Crippen LogP contribution is 2.12. The molecule has 154 valence electrons. The Bertz CT molecular complexity index is 611. The van der Waals surface area contributed by atoms with Crippen LogP contribution in [-0.4, -0.2) is 81.9 Å². The lowest BCUT2D eigenvalue weighted by atomic mass is 10.2. The van der Waals surface area contributed by atoms with E-state index in [-0.39, 0.29) is 13.2 Å². The Kier molecular flexibility index (Phi) is 10.0. The summed E-state index contributed by atoms with van der Waals surface area (Å²) < 4.78 is 24.3. The average molecular weight is 397 g/mol. The van der Waals surface area contributed by atoms with E-state index in [1.54, 1.807) is 0 Å². The fourth-order valence-electron chi connectivity index (χ4n) is 2.09. The quantitative estimate of drug-likeness (QED) is 0.293. The van der Waals surface area contributed by atoms with Crippen molar-refractivity contribution in [3.05, 3.63) is 36.6 Å². The van der Waals surface area contributed by atoms with E-state index >= 15 is 0 Å². The standard InChI is InChI=1S/C18H23NO9/c1-13-10-19(8-9-26-13)14(11-27-17(22)6-4-15(20)24-2)12-28-18(23)7-5-16(21)25-3/h4-7,14H,1,8-12H2,2-3H3/b6-4+,7-5+. The summed E-state index contributed by atoms with van der Waals surface area (Å²) >= 11 is 0. The van der Waals surface area contributed by atoms with Crippen molar-refractivity contribution in [1.82, 2.24) is 4.90 Å². The molecule has 0 N–H and O–H groups in total. The summed E-state index contributed by atoms with van der Waals surface area (Å²) in [6, 6.07) is -0.480. The molecule has 0 radical (unpaired) electrons. The highest BCUT2D eigenvalue weighted by atomic mass is 16.6. The Morgan fingerprint density at radius 3 is 1.86 bits per heavy atom. The van der Waals surface area contributed by atoms with Gasteiger partial charge in [-0.3, -0.25) is 4.90 Å². The van der Waals surface area contributed by atoms with Gasteiger partial charge in [-0.05, 0) is 0 Å². The second kappa shape index (κ2) is 12.3. The highest BCUT2D eigenvalue weighted by molar-refractivity contribution is 5.92. The number of morpholine rings is 1. The lowest BCUT2D eigenvalue weighted by molar-refractivity contribution is -0.145. The van der Waals surface area contributed by atoms with Gasteiger partial charge in [-0.25, -0.2) is 19.2 Å². The van der Waals surface area contributed by atoms with Gasteiger partial charge in [0.1, 0.15) is 25.6 Å². The van der Waals surface area contributed by atoms with Crippen molar-refractivity contribution in [2.75, 3.05) is 47.1 Å². The van der Waals surface area contributed by atoms with Crippen LogP contribution in [0, 0.1) is 0 Å². The molecule has 1 aliphatic heterocycles. The Labute approximate surface area is 162 Å². The van der Waals surface area contributed by atoms with Gasteiger partial charge in [0.05, 0.1) is 26.8 Å². The molecule has 1 heterocycles. The van der Waals surface area contributed by atoms with E-state index in [1.165, 1.54) is 14.2 Å². The van der Waals surface area contributed by atoms with Crippen LogP contribution in [0.4, 0.5) is 0 Å². The van der Waals surface area contributed by atoms with Crippen molar-refractivity contribution >= 4 is 23.9 Å². The molecule has 0 aromatic rings. The van der Waals surface area contributed by atoms with Crippen molar-refractivity contribution < 1.29 is 42.9 Å². The van der Waals surface area contributed by atoms with Crippen LogP contribution < -0.4 is 0 Å². The third kappa shape index (κ3) is 8.99. The van der Waals surface area contributed by atoms with Gasteiger partial charge in [-0.15, -0.1) is 0 Å². The maximum absolute atomic E-state index is 11.7. The fraction of sp³-hybridized carbons (Fsp3) is 0.444. The minimum Gasteiger partial charge on any atom is -0.496 e. The first-order valence-corrected chi connectivity index (χ1v) is 8.26. The molecule has 0 amide bonds. The minimum atomic E-state index is -0.751. The number of hydrogen-bond donors (Lipinski definition) is 0. The van der Waals surface area contributed by atoms with E-state index in [0.717, 1.165) is 24.3 Å². The van der Waals surface area contributed by atoms with Crippen LogP contribution in [0.15, 0.2) is 36.6 Å². The molecule has 0 aliphatic carbocycles. The van der Waals surface area contributed by atoms with E-state index in [9.17, 15) is 19.2 Å². The molecule has 1 rings (SSSR count). The second-order valence-corrected chi connectivity index (χ2v) is 5.48. The highest BCUT2D eigenvalue weighted by Gasteiger charge is 2.25. The fourth-order valence-corrected chi connectivity index (χ4v) is 2.09. The summed E-state index contributed by atoms with van der Waals surface area (Å²) in [5, 5.41) is 0. The molecule has 0 atom stereocenters. The first-order valence-electron chi connectivity index (χ1n) is 8.26.